The van der Waals surface area contributed by atoms with Gasteiger partial charge in [-0.15, -0.1) is 23.2 Å². The van der Waals surface area contributed by atoms with Crippen LogP contribution >= 0.6 is 23.2 Å². The molecule has 1 aromatic rings. The molecule has 1 atom stereocenters. The molecule has 0 aromatic heterocycles. The number of alkyl halides is 2. The third kappa shape index (κ3) is 2.50. The Morgan fingerprint density at radius 2 is 2.07 bits per heavy atom. The van der Waals surface area contributed by atoms with Crippen LogP contribution in [-0.4, -0.2) is 17.1 Å². The van der Waals surface area contributed by atoms with E-state index in [0.717, 1.165) is 6.07 Å². The summed E-state index contributed by atoms with van der Waals surface area (Å²) in [6.07, 6.45) is -1.16. The van der Waals surface area contributed by atoms with Gasteiger partial charge in [-0.1, -0.05) is 0 Å². The average Bonchev–Trinajstić information content (AvgIpc) is 2.16. The Bertz CT molecular complexity index is 318. The molecule has 0 heterocycles. The number of benzene rings is 1. The highest BCUT2D eigenvalue weighted by Gasteiger charge is 2.20. The molecule has 0 fully saturated rings. The van der Waals surface area contributed by atoms with Crippen molar-refractivity contribution >= 4 is 23.2 Å². The molecule has 1 aromatic carbocycles. The number of methoxy groups -OCH3 is 1. The zero-order valence-electron chi connectivity index (χ0n) is 7.38. The second kappa shape index (κ2) is 4.82. The van der Waals surface area contributed by atoms with Gasteiger partial charge in [-0.05, 0) is 18.2 Å². The standard InChI is InChI=1S/C9H9Cl2FO2/c1-14-7-3-2-5(12)4-6(7)8(13)9(10)11/h2-4,8-9,13H,1H3. The van der Waals surface area contributed by atoms with E-state index in [1.54, 1.807) is 0 Å². The first-order valence-electron chi connectivity index (χ1n) is 3.86. The summed E-state index contributed by atoms with van der Waals surface area (Å²) >= 11 is 11.0. The van der Waals surface area contributed by atoms with Gasteiger partial charge in [-0.2, -0.15) is 0 Å². The SMILES string of the molecule is COc1ccc(F)cc1C(O)C(Cl)Cl. The Morgan fingerprint density at radius 1 is 1.43 bits per heavy atom. The largest absolute Gasteiger partial charge is 0.496 e. The zero-order chi connectivity index (χ0) is 10.7. The Balaban J connectivity index is 3.10. The van der Waals surface area contributed by atoms with E-state index >= 15 is 0 Å². The van der Waals surface area contributed by atoms with Gasteiger partial charge in [0.1, 0.15) is 22.5 Å². The fourth-order valence-corrected chi connectivity index (χ4v) is 1.34. The lowest BCUT2D eigenvalue weighted by molar-refractivity contribution is 0.187. The zero-order valence-corrected chi connectivity index (χ0v) is 8.89. The Labute approximate surface area is 91.2 Å². The lowest BCUT2D eigenvalue weighted by Crippen LogP contribution is -2.08. The van der Waals surface area contributed by atoms with E-state index in [4.69, 9.17) is 27.9 Å². The van der Waals surface area contributed by atoms with Crippen molar-refractivity contribution in [3.05, 3.63) is 29.6 Å². The summed E-state index contributed by atoms with van der Waals surface area (Å²) in [4.78, 5) is -1.02. The summed E-state index contributed by atoms with van der Waals surface area (Å²) in [5, 5.41) is 9.52. The molecular formula is C9H9Cl2FO2. The van der Waals surface area contributed by atoms with E-state index in [2.05, 4.69) is 0 Å². The molecule has 0 aliphatic carbocycles. The van der Waals surface area contributed by atoms with Crippen LogP contribution < -0.4 is 4.74 Å². The van der Waals surface area contributed by atoms with E-state index in [1.807, 2.05) is 0 Å². The van der Waals surface area contributed by atoms with Gasteiger partial charge in [0.2, 0.25) is 0 Å². The van der Waals surface area contributed by atoms with Crippen molar-refractivity contribution in [2.45, 2.75) is 10.9 Å². The molecule has 0 saturated heterocycles. The minimum atomic E-state index is -1.16. The van der Waals surface area contributed by atoms with Gasteiger partial charge in [0.05, 0.1) is 7.11 Å². The molecule has 0 amide bonds. The molecule has 2 nitrogen and oxygen atoms in total. The minimum Gasteiger partial charge on any atom is -0.496 e. The molecular weight excluding hydrogens is 230 g/mol. The van der Waals surface area contributed by atoms with Crippen LogP contribution in [0.4, 0.5) is 4.39 Å². The van der Waals surface area contributed by atoms with Gasteiger partial charge in [-0.25, -0.2) is 4.39 Å². The van der Waals surface area contributed by atoms with Crippen molar-refractivity contribution in [2.24, 2.45) is 0 Å². The molecule has 1 rings (SSSR count). The number of hydrogen-bond acceptors (Lipinski definition) is 2. The summed E-state index contributed by atoms with van der Waals surface area (Å²) in [5.41, 5.74) is 0.238. The Morgan fingerprint density at radius 3 is 2.57 bits per heavy atom. The summed E-state index contributed by atoms with van der Waals surface area (Å²) in [5.74, 6) is -0.126. The molecule has 5 heteroatoms. The number of aliphatic hydroxyl groups excluding tert-OH is 1. The molecule has 78 valence electrons. The first kappa shape index (κ1) is 11.6. The molecule has 0 aliphatic heterocycles. The predicted octanol–water partition coefficient (Wildman–Crippen LogP) is 2.67. The quantitative estimate of drug-likeness (QED) is 0.821. The molecule has 0 spiro atoms. The van der Waals surface area contributed by atoms with Crippen LogP contribution in [0.2, 0.25) is 0 Å². The van der Waals surface area contributed by atoms with Gasteiger partial charge in [0.25, 0.3) is 0 Å². The molecule has 0 aliphatic rings. The second-order valence-corrected chi connectivity index (χ2v) is 3.83. The van der Waals surface area contributed by atoms with Crippen molar-refractivity contribution in [1.82, 2.24) is 0 Å². The second-order valence-electron chi connectivity index (χ2n) is 2.67. The normalized spacial score (nSPS) is 13.0. The van der Waals surface area contributed by atoms with Crippen LogP contribution in [0.3, 0.4) is 0 Å². The van der Waals surface area contributed by atoms with E-state index in [9.17, 15) is 9.50 Å². The maximum absolute atomic E-state index is 12.9. The van der Waals surface area contributed by atoms with Crippen LogP contribution in [0.15, 0.2) is 18.2 Å². The predicted molar refractivity (Wildman–Crippen MR) is 53.4 cm³/mol. The Hall–Kier alpha value is -0.510. The number of rotatable bonds is 3. The van der Waals surface area contributed by atoms with Crippen LogP contribution in [-0.2, 0) is 0 Å². The van der Waals surface area contributed by atoms with Crippen molar-refractivity contribution in [3.63, 3.8) is 0 Å². The maximum atomic E-state index is 12.9. The number of aliphatic hydroxyl groups is 1. The topological polar surface area (TPSA) is 29.5 Å². The minimum absolute atomic E-state index is 0.238. The highest BCUT2D eigenvalue weighted by Crippen LogP contribution is 2.31. The Kier molecular flexibility index (Phi) is 3.98. The van der Waals surface area contributed by atoms with Gasteiger partial charge in [0.15, 0.2) is 0 Å². The van der Waals surface area contributed by atoms with Crippen LogP contribution in [0.25, 0.3) is 0 Å². The van der Waals surface area contributed by atoms with Crippen molar-refractivity contribution in [1.29, 1.82) is 0 Å². The summed E-state index contributed by atoms with van der Waals surface area (Å²) in [7, 11) is 1.42. The molecule has 0 bridgehead atoms. The van der Waals surface area contributed by atoms with Gasteiger partial charge >= 0.3 is 0 Å². The van der Waals surface area contributed by atoms with Gasteiger partial charge in [-0.3, -0.25) is 0 Å². The third-order valence-electron chi connectivity index (χ3n) is 1.75. The molecule has 1 N–H and O–H groups in total. The molecule has 0 saturated carbocycles. The van der Waals surface area contributed by atoms with Crippen LogP contribution in [0.5, 0.6) is 5.75 Å². The fourth-order valence-electron chi connectivity index (χ4n) is 1.07. The fraction of sp³-hybridized carbons (Fsp3) is 0.333. The lowest BCUT2D eigenvalue weighted by Gasteiger charge is -2.15. The van der Waals surface area contributed by atoms with Gasteiger partial charge < -0.3 is 9.84 Å². The van der Waals surface area contributed by atoms with Crippen LogP contribution in [0.1, 0.15) is 11.7 Å². The van der Waals surface area contributed by atoms with Crippen molar-refractivity contribution in [2.75, 3.05) is 7.11 Å². The highest BCUT2D eigenvalue weighted by atomic mass is 35.5. The van der Waals surface area contributed by atoms with E-state index in [0.29, 0.717) is 5.75 Å². The van der Waals surface area contributed by atoms with Crippen LogP contribution in [0, 0.1) is 5.82 Å². The van der Waals surface area contributed by atoms with E-state index in [1.165, 1.54) is 19.2 Å². The van der Waals surface area contributed by atoms with E-state index in [-0.39, 0.29) is 5.56 Å². The summed E-state index contributed by atoms with van der Waals surface area (Å²) < 4.78 is 17.8. The third-order valence-corrected chi connectivity index (χ3v) is 2.23. The van der Waals surface area contributed by atoms with Crippen molar-refractivity contribution in [3.8, 4) is 5.75 Å². The van der Waals surface area contributed by atoms with Crippen molar-refractivity contribution < 1.29 is 14.2 Å². The first-order valence-corrected chi connectivity index (χ1v) is 4.73. The molecule has 14 heavy (non-hydrogen) atoms. The first-order chi connectivity index (χ1) is 6.56. The molecule has 0 radical (unpaired) electrons. The van der Waals surface area contributed by atoms with Gasteiger partial charge in [0, 0.05) is 5.56 Å². The highest BCUT2D eigenvalue weighted by molar-refractivity contribution is 6.44. The van der Waals surface area contributed by atoms with E-state index < -0.39 is 16.8 Å². The molecule has 1 unspecified atom stereocenters. The summed E-state index contributed by atoms with van der Waals surface area (Å²) in [6.45, 7) is 0. The monoisotopic (exact) mass is 238 g/mol. The number of halogens is 3. The number of ether oxygens (including phenoxy) is 1. The maximum Gasteiger partial charge on any atom is 0.137 e. The average molecular weight is 239 g/mol. The lowest BCUT2D eigenvalue weighted by atomic mass is 10.1. The summed E-state index contributed by atoms with van der Waals surface area (Å²) in [6, 6.07) is 3.78. The smallest absolute Gasteiger partial charge is 0.137 e. The number of hydrogen-bond donors (Lipinski definition) is 1.